The van der Waals surface area contributed by atoms with Gasteiger partial charge in [0.05, 0.1) is 0 Å². The Morgan fingerprint density at radius 2 is 2.07 bits per heavy atom. The number of carbonyl (C=O) groups excluding carboxylic acids is 3. The highest BCUT2D eigenvalue weighted by Gasteiger charge is 2.61. The minimum Gasteiger partial charge on any atom is -0.398 e. The molecule has 2 aliphatic heterocycles. The average Bonchev–Trinajstić information content (AvgIpc) is 2.71. The molecule has 30 heavy (non-hydrogen) atoms. The van der Waals surface area contributed by atoms with E-state index in [1.807, 2.05) is 19.1 Å². The van der Waals surface area contributed by atoms with Crippen LogP contribution in [0.4, 0.5) is 10.5 Å². The van der Waals surface area contributed by atoms with Crippen LogP contribution in [0.25, 0.3) is 5.70 Å². The van der Waals surface area contributed by atoms with Crippen LogP contribution in [0.15, 0.2) is 29.3 Å². The minimum atomic E-state index is -0.931. The molecular weight excluding hydrogens is 384 g/mol. The predicted octanol–water partition coefficient (Wildman–Crippen LogP) is 1.69. The van der Waals surface area contributed by atoms with Gasteiger partial charge in [-0.05, 0) is 50.0 Å². The van der Waals surface area contributed by atoms with E-state index in [9.17, 15) is 14.4 Å². The molecule has 2 atom stereocenters. The van der Waals surface area contributed by atoms with Crippen LogP contribution in [0.5, 0.6) is 0 Å². The van der Waals surface area contributed by atoms with Crippen molar-refractivity contribution in [2.45, 2.75) is 51.1 Å². The first-order chi connectivity index (χ1) is 14.3. The van der Waals surface area contributed by atoms with E-state index in [0.29, 0.717) is 24.2 Å². The first-order valence-electron chi connectivity index (χ1n) is 9.95. The number of amides is 4. The number of aryl methyl sites for hydroxylation is 1. The standard InChI is InChI=1S/C21H28N6O3/c1-13-6-7-15(11-17(13)18(22)8-10-23-3)24-20(30)27-16-5-4-9-21(27,12-16)19(29)26-25-14(2)28/h6-8,10-11,16H,4-5,9,12,22H2,1-3H3,(H,24,30)(H,25,28)(H,26,29)/b18-8-,23-10?. The second-order valence-corrected chi connectivity index (χ2v) is 7.78. The molecule has 3 rings (SSSR count). The van der Waals surface area contributed by atoms with Crippen molar-refractivity contribution in [2.75, 3.05) is 12.4 Å². The van der Waals surface area contributed by atoms with Gasteiger partial charge in [0.15, 0.2) is 0 Å². The van der Waals surface area contributed by atoms with Crippen molar-refractivity contribution in [1.82, 2.24) is 15.8 Å². The van der Waals surface area contributed by atoms with Crippen molar-refractivity contribution in [1.29, 1.82) is 0 Å². The Morgan fingerprint density at radius 3 is 2.73 bits per heavy atom. The van der Waals surface area contributed by atoms with E-state index in [0.717, 1.165) is 24.0 Å². The van der Waals surface area contributed by atoms with Gasteiger partial charge in [0.2, 0.25) is 5.91 Å². The van der Waals surface area contributed by atoms with Gasteiger partial charge >= 0.3 is 6.03 Å². The van der Waals surface area contributed by atoms with Crippen LogP contribution in [-0.4, -0.2) is 47.6 Å². The van der Waals surface area contributed by atoms with Crippen LogP contribution in [0.3, 0.4) is 0 Å². The summed E-state index contributed by atoms with van der Waals surface area (Å²) in [6.07, 6.45) is 6.18. The van der Waals surface area contributed by atoms with E-state index >= 15 is 0 Å². The average molecular weight is 412 g/mol. The number of urea groups is 1. The third-order valence-corrected chi connectivity index (χ3v) is 5.72. The summed E-state index contributed by atoms with van der Waals surface area (Å²) in [4.78, 5) is 42.5. The van der Waals surface area contributed by atoms with Gasteiger partial charge < -0.3 is 16.0 Å². The summed E-state index contributed by atoms with van der Waals surface area (Å²) in [7, 11) is 1.66. The molecule has 0 aliphatic carbocycles. The lowest BCUT2D eigenvalue weighted by atomic mass is 9.67. The maximum absolute atomic E-state index is 13.1. The number of hydrogen-bond donors (Lipinski definition) is 4. The normalized spacial score (nSPS) is 23.0. The fourth-order valence-electron chi connectivity index (χ4n) is 4.28. The molecule has 4 amide bonds. The summed E-state index contributed by atoms with van der Waals surface area (Å²) in [5, 5.41) is 2.90. The van der Waals surface area contributed by atoms with Crippen LogP contribution in [-0.2, 0) is 9.59 Å². The number of nitrogens with zero attached hydrogens (tertiary/aromatic N) is 2. The molecule has 2 fully saturated rings. The Balaban J connectivity index is 1.78. The van der Waals surface area contributed by atoms with Gasteiger partial charge in [0.1, 0.15) is 5.54 Å². The number of nitrogens with two attached hydrogens (primary N) is 1. The maximum atomic E-state index is 13.1. The Morgan fingerprint density at radius 1 is 1.30 bits per heavy atom. The predicted molar refractivity (Wildman–Crippen MR) is 116 cm³/mol. The molecule has 2 heterocycles. The molecule has 2 unspecified atom stereocenters. The number of carbonyl (C=O) groups is 3. The fraction of sp³-hybridized carbons (Fsp3) is 0.429. The first-order valence-corrected chi connectivity index (χ1v) is 9.95. The SMILES string of the molecule is CN=C/C=C(\N)c1cc(NC(=O)N2C3CCCC2(C(=O)NNC(C)=O)C3)ccc1C. The highest BCUT2D eigenvalue weighted by Crippen LogP contribution is 2.47. The Labute approximate surface area is 175 Å². The molecule has 1 aromatic carbocycles. The third kappa shape index (κ3) is 4.00. The molecule has 0 saturated carbocycles. The van der Waals surface area contributed by atoms with Gasteiger partial charge in [-0.25, -0.2) is 4.79 Å². The second kappa shape index (κ2) is 8.56. The zero-order chi connectivity index (χ0) is 21.9. The summed E-state index contributed by atoms with van der Waals surface area (Å²) < 4.78 is 0. The maximum Gasteiger partial charge on any atom is 0.323 e. The van der Waals surface area contributed by atoms with Crippen molar-refractivity contribution in [3.63, 3.8) is 0 Å². The van der Waals surface area contributed by atoms with E-state index < -0.39 is 5.54 Å². The molecule has 1 aromatic rings. The fourth-order valence-corrected chi connectivity index (χ4v) is 4.28. The smallest absolute Gasteiger partial charge is 0.323 e. The van der Waals surface area contributed by atoms with Crippen molar-refractivity contribution < 1.29 is 14.4 Å². The number of benzene rings is 1. The topological polar surface area (TPSA) is 129 Å². The molecule has 160 valence electrons. The molecule has 9 nitrogen and oxygen atoms in total. The molecule has 2 aliphatic rings. The third-order valence-electron chi connectivity index (χ3n) is 5.72. The molecule has 9 heteroatoms. The van der Waals surface area contributed by atoms with Crippen molar-refractivity contribution in [2.24, 2.45) is 10.7 Å². The number of aliphatic imine (C=N–C) groups is 1. The largest absolute Gasteiger partial charge is 0.398 e. The molecule has 2 bridgehead atoms. The second-order valence-electron chi connectivity index (χ2n) is 7.78. The number of anilines is 1. The van der Waals surface area contributed by atoms with Gasteiger partial charge in [0.25, 0.3) is 5.91 Å². The molecule has 0 radical (unpaired) electrons. The molecule has 2 saturated heterocycles. The van der Waals surface area contributed by atoms with Gasteiger partial charge in [-0.3, -0.25) is 25.4 Å². The summed E-state index contributed by atoms with van der Waals surface area (Å²) in [6, 6.07) is 5.17. The monoisotopic (exact) mass is 412 g/mol. The van der Waals surface area contributed by atoms with Crippen LogP contribution < -0.4 is 21.9 Å². The highest BCUT2D eigenvalue weighted by molar-refractivity contribution is 5.99. The van der Waals surface area contributed by atoms with Crippen molar-refractivity contribution in [3.05, 3.63) is 35.4 Å². The molecule has 0 aromatic heterocycles. The Hall–Kier alpha value is -3.36. The Kier molecular flexibility index (Phi) is 6.09. The van der Waals surface area contributed by atoms with Gasteiger partial charge in [-0.1, -0.05) is 6.07 Å². The van der Waals surface area contributed by atoms with E-state index in [1.54, 1.807) is 30.3 Å². The molecule has 0 spiro atoms. The first kappa shape index (κ1) is 21.4. The zero-order valence-electron chi connectivity index (χ0n) is 17.5. The highest BCUT2D eigenvalue weighted by atomic mass is 16.2. The van der Waals surface area contributed by atoms with Crippen LogP contribution >= 0.6 is 0 Å². The zero-order valence-corrected chi connectivity index (χ0v) is 17.5. The lowest BCUT2D eigenvalue weighted by Gasteiger charge is -2.60. The van der Waals surface area contributed by atoms with Crippen molar-refractivity contribution in [3.8, 4) is 0 Å². The van der Waals surface area contributed by atoms with Crippen LogP contribution in [0.1, 0.15) is 43.7 Å². The van der Waals surface area contributed by atoms with E-state index in [1.165, 1.54) is 6.92 Å². The number of rotatable bonds is 4. The summed E-state index contributed by atoms with van der Waals surface area (Å²) in [5.41, 5.74) is 12.9. The molecular formula is C21H28N6O3. The minimum absolute atomic E-state index is 0.0116. The van der Waals surface area contributed by atoms with Gasteiger partial charge in [-0.15, -0.1) is 0 Å². The number of hydrogen-bond acceptors (Lipinski definition) is 5. The van der Waals surface area contributed by atoms with E-state index in [-0.39, 0.29) is 23.9 Å². The lowest BCUT2D eigenvalue weighted by Crippen LogP contribution is -2.76. The summed E-state index contributed by atoms with van der Waals surface area (Å²) >= 11 is 0. The number of piperidine rings is 1. The number of fused-ring (bicyclic) bond motifs is 2. The molecule has 5 N–H and O–H groups in total. The van der Waals surface area contributed by atoms with E-state index in [4.69, 9.17) is 5.73 Å². The number of allylic oxidation sites excluding steroid dienone is 1. The Bertz CT molecular complexity index is 921. The summed E-state index contributed by atoms with van der Waals surface area (Å²) in [5.74, 6) is -0.729. The summed E-state index contributed by atoms with van der Waals surface area (Å²) in [6.45, 7) is 3.25. The van der Waals surface area contributed by atoms with Crippen molar-refractivity contribution >= 4 is 35.4 Å². The number of nitrogens with one attached hydrogen (secondary N) is 3. The van der Waals surface area contributed by atoms with Crippen LogP contribution in [0.2, 0.25) is 0 Å². The lowest BCUT2D eigenvalue weighted by molar-refractivity contribution is -0.153. The van der Waals surface area contributed by atoms with Gasteiger partial charge in [-0.2, -0.15) is 0 Å². The quantitative estimate of drug-likeness (QED) is 0.443. The van der Waals surface area contributed by atoms with Gasteiger partial charge in [0, 0.05) is 49.6 Å². The van der Waals surface area contributed by atoms with E-state index in [2.05, 4.69) is 21.2 Å². The van der Waals surface area contributed by atoms with Crippen LogP contribution in [0, 0.1) is 6.92 Å². The number of hydrazine groups is 1.